The molecule has 4 rings (SSSR count). The van der Waals surface area contributed by atoms with E-state index in [2.05, 4.69) is 48.5 Å². The van der Waals surface area contributed by atoms with Crippen LogP contribution in [-0.4, -0.2) is 11.2 Å². The lowest BCUT2D eigenvalue weighted by molar-refractivity contribution is -0.0931. The second-order valence-corrected chi connectivity index (χ2v) is 13.4. The molecule has 0 bridgehead atoms. The van der Waals surface area contributed by atoms with Crippen LogP contribution in [-0.2, 0) is 0 Å². The minimum Gasteiger partial charge on any atom is -0.393 e. The standard InChI is InChI=1S/C29H50O/c1-19(2)9-8-10-20(3)22-12-13-23-21-11-14-25-27(4,5)26(30)16-18-29(25,7)24(21)15-17-28(22,23)6/h19-20,22-23,25-26,30H,8-18H2,1-7H3/t20-,22-,23?,25?,26+,28-,29-/m1/s1. The van der Waals surface area contributed by atoms with Crippen molar-refractivity contribution in [3.05, 3.63) is 11.1 Å². The van der Waals surface area contributed by atoms with E-state index in [-0.39, 0.29) is 11.5 Å². The highest BCUT2D eigenvalue weighted by Crippen LogP contribution is 2.68. The van der Waals surface area contributed by atoms with Crippen LogP contribution in [0.2, 0.25) is 0 Å². The summed E-state index contributed by atoms with van der Waals surface area (Å²) < 4.78 is 0. The van der Waals surface area contributed by atoms with Crippen LogP contribution >= 0.6 is 0 Å². The third-order valence-electron chi connectivity index (χ3n) is 11.1. The Morgan fingerprint density at radius 3 is 2.33 bits per heavy atom. The van der Waals surface area contributed by atoms with Gasteiger partial charge in [-0.3, -0.25) is 0 Å². The van der Waals surface area contributed by atoms with Gasteiger partial charge < -0.3 is 5.11 Å². The Balaban J connectivity index is 1.57. The molecule has 7 atom stereocenters. The zero-order valence-corrected chi connectivity index (χ0v) is 21.2. The van der Waals surface area contributed by atoms with Crippen molar-refractivity contribution in [1.29, 1.82) is 0 Å². The van der Waals surface area contributed by atoms with Crippen LogP contribution in [0.3, 0.4) is 0 Å². The summed E-state index contributed by atoms with van der Waals surface area (Å²) in [6.45, 7) is 17.3. The van der Waals surface area contributed by atoms with Crippen LogP contribution in [0.15, 0.2) is 11.1 Å². The maximum atomic E-state index is 10.8. The molecule has 0 aliphatic heterocycles. The first-order valence-corrected chi connectivity index (χ1v) is 13.4. The molecule has 30 heavy (non-hydrogen) atoms. The number of hydrogen-bond acceptors (Lipinski definition) is 1. The summed E-state index contributed by atoms with van der Waals surface area (Å²) in [5.41, 5.74) is 4.73. The monoisotopic (exact) mass is 414 g/mol. The van der Waals surface area contributed by atoms with Crippen molar-refractivity contribution in [2.24, 2.45) is 45.8 Å². The van der Waals surface area contributed by atoms with Gasteiger partial charge in [-0.25, -0.2) is 0 Å². The van der Waals surface area contributed by atoms with Gasteiger partial charge in [-0.15, -0.1) is 0 Å². The Morgan fingerprint density at radius 2 is 1.63 bits per heavy atom. The number of fused-ring (bicyclic) bond motifs is 4. The van der Waals surface area contributed by atoms with Crippen LogP contribution in [0.25, 0.3) is 0 Å². The molecule has 172 valence electrons. The summed E-state index contributed by atoms with van der Waals surface area (Å²) in [5, 5.41) is 10.8. The zero-order chi connectivity index (χ0) is 21.9. The average Bonchev–Trinajstić information content (AvgIpc) is 3.02. The smallest absolute Gasteiger partial charge is 0.0594 e. The number of aliphatic hydroxyl groups excluding tert-OH is 1. The minimum atomic E-state index is -0.117. The first kappa shape index (κ1) is 22.9. The molecule has 2 fully saturated rings. The van der Waals surface area contributed by atoms with Crippen molar-refractivity contribution in [1.82, 2.24) is 0 Å². The van der Waals surface area contributed by atoms with E-state index in [0.29, 0.717) is 16.7 Å². The first-order valence-electron chi connectivity index (χ1n) is 13.4. The molecule has 0 aromatic rings. The van der Waals surface area contributed by atoms with Crippen molar-refractivity contribution in [3.8, 4) is 0 Å². The average molecular weight is 415 g/mol. The van der Waals surface area contributed by atoms with Crippen LogP contribution < -0.4 is 0 Å². The van der Waals surface area contributed by atoms with Gasteiger partial charge in [-0.05, 0) is 97.2 Å². The molecule has 2 saturated carbocycles. The number of hydrogen-bond donors (Lipinski definition) is 1. The van der Waals surface area contributed by atoms with Gasteiger partial charge in [-0.1, -0.05) is 78.9 Å². The van der Waals surface area contributed by atoms with Gasteiger partial charge in [-0.2, -0.15) is 0 Å². The largest absolute Gasteiger partial charge is 0.393 e. The molecule has 0 heterocycles. The second kappa shape index (κ2) is 7.93. The van der Waals surface area contributed by atoms with Gasteiger partial charge >= 0.3 is 0 Å². The lowest BCUT2D eigenvalue weighted by atomic mass is 9.46. The molecule has 2 unspecified atom stereocenters. The van der Waals surface area contributed by atoms with Crippen molar-refractivity contribution in [2.75, 3.05) is 0 Å². The second-order valence-electron chi connectivity index (χ2n) is 13.4. The molecule has 4 aliphatic carbocycles. The summed E-state index contributed by atoms with van der Waals surface area (Å²) >= 11 is 0. The SMILES string of the molecule is CC(C)CCC[C@@H](C)[C@H]1CCC2C3=C(CC[C@@]21C)[C@@]1(C)CC[C@H](O)C(C)(C)C1CC3. The predicted octanol–water partition coefficient (Wildman–Crippen LogP) is 8.17. The highest BCUT2D eigenvalue weighted by molar-refractivity contribution is 5.35. The molecule has 1 N–H and O–H groups in total. The fourth-order valence-corrected chi connectivity index (χ4v) is 9.31. The van der Waals surface area contributed by atoms with Crippen molar-refractivity contribution in [3.63, 3.8) is 0 Å². The quantitative estimate of drug-likeness (QED) is 0.450. The third-order valence-corrected chi connectivity index (χ3v) is 11.1. The van der Waals surface area contributed by atoms with Gasteiger partial charge in [0.25, 0.3) is 0 Å². The molecule has 0 amide bonds. The normalized spacial score (nSPS) is 43.9. The molecule has 0 saturated heterocycles. The van der Waals surface area contributed by atoms with E-state index in [0.717, 1.165) is 30.1 Å². The van der Waals surface area contributed by atoms with E-state index >= 15 is 0 Å². The zero-order valence-electron chi connectivity index (χ0n) is 21.2. The molecular weight excluding hydrogens is 364 g/mol. The number of allylic oxidation sites excluding steroid dienone is 2. The van der Waals surface area contributed by atoms with Gasteiger partial charge in [0, 0.05) is 0 Å². The third kappa shape index (κ3) is 3.45. The van der Waals surface area contributed by atoms with Crippen LogP contribution in [0.4, 0.5) is 0 Å². The van der Waals surface area contributed by atoms with E-state index in [1.165, 1.54) is 64.2 Å². The van der Waals surface area contributed by atoms with Crippen molar-refractivity contribution < 1.29 is 5.11 Å². The molecule has 0 radical (unpaired) electrons. The summed E-state index contributed by atoms with van der Waals surface area (Å²) in [6, 6.07) is 0. The molecule has 1 heteroatoms. The van der Waals surface area contributed by atoms with Gasteiger partial charge in [0.2, 0.25) is 0 Å². The Hall–Kier alpha value is -0.300. The van der Waals surface area contributed by atoms with E-state index < -0.39 is 0 Å². The summed E-state index contributed by atoms with van der Waals surface area (Å²) in [4.78, 5) is 0. The number of aliphatic hydroxyl groups is 1. The van der Waals surface area contributed by atoms with Crippen LogP contribution in [0.1, 0.15) is 119 Å². The Labute approximate surface area is 187 Å². The van der Waals surface area contributed by atoms with Crippen molar-refractivity contribution in [2.45, 2.75) is 125 Å². The summed E-state index contributed by atoms with van der Waals surface area (Å²) in [6.07, 6.45) is 14.6. The minimum absolute atomic E-state index is 0.0649. The number of rotatable bonds is 5. The van der Waals surface area contributed by atoms with Gasteiger partial charge in [0.1, 0.15) is 0 Å². The molecule has 0 aromatic carbocycles. The molecule has 0 aromatic heterocycles. The first-order chi connectivity index (χ1) is 14.0. The highest BCUT2D eigenvalue weighted by atomic mass is 16.3. The van der Waals surface area contributed by atoms with E-state index in [4.69, 9.17) is 0 Å². The summed E-state index contributed by atoms with van der Waals surface area (Å²) in [5.74, 6) is 4.17. The van der Waals surface area contributed by atoms with Crippen molar-refractivity contribution >= 4 is 0 Å². The predicted molar refractivity (Wildman–Crippen MR) is 128 cm³/mol. The Kier molecular flexibility index (Phi) is 6.05. The summed E-state index contributed by atoms with van der Waals surface area (Å²) in [7, 11) is 0. The van der Waals surface area contributed by atoms with E-state index in [9.17, 15) is 5.11 Å². The fraction of sp³-hybridized carbons (Fsp3) is 0.931. The van der Waals surface area contributed by atoms with Gasteiger partial charge in [0.15, 0.2) is 0 Å². The molecule has 0 spiro atoms. The Bertz CT molecular complexity index is 672. The Morgan fingerprint density at radius 1 is 0.900 bits per heavy atom. The maximum Gasteiger partial charge on any atom is 0.0594 e. The maximum absolute atomic E-state index is 10.8. The topological polar surface area (TPSA) is 20.2 Å². The van der Waals surface area contributed by atoms with E-state index in [1.54, 1.807) is 0 Å². The van der Waals surface area contributed by atoms with Crippen LogP contribution in [0, 0.1) is 45.8 Å². The van der Waals surface area contributed by atoms with Crippen LogP contribution in [0.5, 0.6) is 0 Å². The van der Waals surface area contributed by atoms with Gasteiger partial charge in [0.05, 0.1) is 6.10 Å². The van der Waals surface area contributed by atoms with E-state index in [1.807, 2.05) is 11.1 Å². The lowest BCUT2D eigenvalue weighted by Crippen LogP contribution is -2.53. The lowest BCUT2D eigenvalue weighted by Gasteiger charge is -2.60. The molecule has 1 nitrogen and oxygen atoms in total. The fourth-order valence-electron chi connectivity index (χ4n) is 9.31. The molecule has 4 aliphatic rings. The molecular formula is C29H50O. The highest BCUT2D eigenvalue weighted by Gasteiger charge is 2.59.